The summed E-state index contributed by atoms with van der Waals surface area (Å²) in [6, 6.07) is 6.84. The summed E-state index contributed by atoms with van der Waals surface area (Å²) < 4.78 is 0. The highest BCUT2D eigenvalue weighted by Crippen LogP contribution is 2.28. The van der Waals surface area contributed by atoms with Gasteiger partial charge in [-0.3, -0.25) is 0 Å². The number of nitrogens with two attached hydrogens (primary N) is 1. The number of anilines is 1. The second kappa shape index (κ2) is 5.07. The molecule has 1 aliphatic rings. The Bertz CT molecular complexity index is 365. The average molecular weight is 239 g/mol. The van der Waals surface area contributed by atoms with E-state index in [1.54, 1.807) is 0 Å². The zero-order valence-corrected chi connectivity index (χ0v) is 10.5. The molecule has 1 saturated heterocycles. The van der Waals surface area contributed by atoms with E-state index in [0.29, 0.717) is 12.6 Å². The van der Waals surface area contributed by atoms with Crippen LogP contribution in [0.4, 0.5) is 5.69 Å². The molecule has 0 aliphatic carbocycles. The quantitative estimate of drug-likeness (QED) is 0.858. The van der Waals surface area contributed by atoms with E-state index in [0.717, 1.165) is 17.1 Å². The third-order valence-corrected chi connectivity index (χ3v) is 3.74. The van der Waals surface area contributed by atoms with Crippen LogP contribution in [0.1, 0.15) is 31.7 Å². The first-order valence-electron chi connectivity index (χ1n) is 5.97. The summed E-state index contributed by atoms with van der Waals surface area (Å²) in [5.41, 5.74) is 7.86. The number of hydrogen-bond donors (Lipinski definition) is 1. The number of hydrogen-bond acceptors (Lipinski definition) is 2. The maximum atomic E-state index is 6.19. The molecule has 1 fully saturated rings. The lowest BCUT2D eigenvalue weighted by atomic mass is 10.0. The van der Waals surface area contributed by atoms with E-state index in [2.05, 4.69) is 17.9 Å². The molecule has 1 atom stereocenters. The van der Waals surface area contributed by atoms with Crippen LogP contribution in [-0.4, -0.2) is 12.6 Å². The van der Waals surface area contributed by atoms with E-state index < -0.39 is 0 Å². The van der Waals surface area contributed by atoms with Gasteiger partial charge in [0.25, 0.3) is 0 Å². The number of halogens is 1. The fourth-order valence-electron chi connectivity index (χ4n) is 2.36. The molecule has 1 aromatic rings. The average Bonchev–Trinajstić information content (AvgIpc) is 2.29. The normalized spacial score (nSPS) is 21.2. The zero-order valence-electron chi connectivity index (χ0n) is 9.75. The van der Waals surface area contributed by atoms with Gasteiger partial charge in [0.2, 0.25) is 0 Å². The lowest BCUT2D eigenvalue weighted by Crippen LogP contribution is -2.37. The summed E-state index contributed by atoms with van der Waals surface area (Å²) in [5.74, 6) is 0. The molecule has 0 amide bonds. The van der Waals surface area contributed by atoms with Gasteiger partial charge in [-0.25, -0.2) is 0 Å². The largest absolute Gasteiger partial charge is 0.369 e. The van der Waals surface area contributed by atoms with Gasteiger partial charge in [0.1, 0.15) is 0 Å². The minimum absolute atomic E-state index is 0.509. The molecule has 1 aromatic carbocycles. The molecular weight excluding hydrogens is 220 g/mol. The van der Waals surface area contributed by atoms with Gasteiger partial charge in [-0.15, -0.1) is 0 Å². The summed E-state index contributed by atoms with van der Waals surface area (Å²) in [5, 5.41) is 0.790. The van der Waals surface area contributed by atoms with Gasteiger partial charge in [0, 0.05) is 29.8 Å². The van der Waals surface area contributed by atoms with E-state index in [1.807, 2.05) is 12.1 Å². The lowest BCUT2D eigenvalue weighted by Gasteiger charge is -2.35. The summed E-state index contributed by atoms with van der Waals surface area (Å²) in [6.45, 7) is 3.93. The maximum absolute atomic E-state index is 6.19. The first-order chi connectivity index (χ1) is 7.72. The van der Waals surface area contributed by atoms with E-state index in [1.165, 1.54) is 24.9 Å². The summed E-state index contributed by atoms with van der Waals surface area (Å²) in [6.07, 6.45) is 3.89. The second-order valence-electron chi connectivity index (χ2n) is 4.52. The molecule has 0 bridgehead atoms. The smallest absolute Gasteiger partial charge is 0.0471 e. The third kappa shape index (κ3) is 2.33. The molecule has 3 heteroatoms. The third-order valence-electron chi connectivity index (χ3n) is 3.39. The van der Waals surface area contributed by atoms with Gasteiger partial charge in [0.05, 0.1) is 0 Å². The van der Waals surface area contributed by atoms with Crippen molar-refractivity contribution in [1.82, 2.24) is 0 Å². The van der Waals surface area contributed by atoms with Crippen LogP contribution in [0, 0.1) is 0 Å². The molecule has 2 N–H and O–H groups in total. The van der Waals surface area contributed by atoms with E-state index in [-0.39, 0.29) is 0 Å². The van der Waals surface area contributed by atoms with Crippen LogP contribution in [-0.2, 0) is 6.54 Å². The minimum Gasteiger partial charge on any atom is -0.369 e. The molecule has 16 heavy (non-hydrogen) atoms. The van der Waals surface area contributed by atoms with Crippen LogP contribution in [0.2, 0.25) is 5.02 Å². The van der Waals surface area contributed by atoms with Crippen molar-refractivity contribution in [2.24, 2.45) is 5.73 Å². The lowest BCUT2D eigenvalue weighted by molar-refractivity contribution is 0.485. The fourth-order valence-corrected chi connectivity index (χ4v) is 2.61. The minimum atomic E-state index is 0.509. The van der Waals surface area contributed by atoms with Crippen LogP contribution < -0.4 is 10.6 Å². The van der Waals surface area contributed by atoms with Crippen LogP contribution in [0.3, 0.4) is 0 Å². The molecule has 0 aromatic heterocycles. The molecule has 88 valence electrons. The fraction of sp³-hybridized carbons (Fsp3) is 0.538. The van der Waals surface area contributed by atoms with Crippen molar-refractivity contribution in [1.29, 1.82) is 0 Å². The van der Waals surface area contributed by atoms with Crippen molar-refractivity contribution in [2.75, 3.05) is 11.4 Å². The van der Waals surface area contributed by atoms with E-state index in [4.69, 9.17) is 17.3 Å². The van der Waals surface area contributed by atoms with Gasteiger partial charge >= 0.3 is 0 Å². The molecular formula is C13H19ClN2. The molecule has 1 unspecified atom stereocenters. The highest BCUT2D eigenvalue weighted by atomic mass is 35.5. The van der Waals surface area contributed by atoms with Gasteiger partial charge < -0.3 is 10.6 Å². The van der Waals surface area contributed by atoms with Crippen molar-refractivity contribution >= 4 is 17.3 Å². The van der Waals surface area contributed by atoms with Crippen LogP contribution >= 0.6 is 11.6 Å². The molecule has 0 radical (unpaired) electrons. The van der Waals surface area contributed by atoms with Crippen LogP contribution in [0.15, 0.2) is 18.2 Å². The second-order valence-corrected chi connectivity index (χ2v) is 4.93. The zero-order chi connectivity index (χ0) is 11.5. The van der Waals surface area contributed by atoms with E-state index >= 15 is 0 Å². The SMILES string of the molecule is CC1CCCCN1c1ccc(CN)c(Cl)c1. The van der Waals surface area contributed by atoms with Crippen LogP contribution in [0.5, 0.6) is 0 Å². The van der Waals surface area contributed by atoms with Crippen molar-refractivity contribution < 1.29 is 0 Å². The number of benzene rings is 1. The number of piperidine rings is 1. The highest BCUT2D eigenvalue weighted by Gasteiger charge is 2.18. The Morgan fingerprint density at radius 2 is 2.25 bits per heavy atom. The first-order valence-corrected chi connectivity index (χ1v) is 6.35. The van der Waals surface area contributed by atoms with Gasteiger partial charge in [-0.05, 0) is 43.9 Å². The molecule has 2 rings (SSSR count). The Morgan fingerprint density at radius 3 is 2.88 bits per heavy atom. The van der Waals surface area contributed by atoms with Crippen molar-refractivity contribution in [3.63, 3.8) is 0 Å². The molecule has 0 saturated carbocycles. The number of rotatable bonds is 2. The first kappa shape index (κ1) is 11.7. The van der Waals surface area contributed by atoms with Crippen molar-refractivity contribution in [2.45, 2.75) is 38.8 Å². The topological polar surface area (TPSA) is 29.3 Å². The molecule has 0 spiro atoms. The number of nitrogens with zero attached hydrogens (tertiary/aromatic N) is 1. The standard InChI is InChI=1S/C13H19ClN2/c1-10-4-2-3-7-16(10)12-6-5-11(9-15)13(14)8-12/h5-6,8,10H,2-4,7,9,15H2,1H3. The maximum Gasteiger partial charge on any atom is 0.0471 e. The molecule has 1 heterocycles. The monoisotopic (exact) mass is 238 g/mol. The van der Waals surface area contributed by atoms with Crippen LogP contribution in [0.25, 0.3) is 0 Å². The Balaban J connectivity index is 2.22. The van der Waals surface area contributed by atoms with Gasteiger partial charge in [-0.2, -0.15) is 0 Å². The Labute approximate surface area is 102 Å². The van der Waals surface area contributed by atoms with Crippen molar-refractivity contribution in [3.8, 4) is 0 Å². The van der Waals surface area contributed by atoms with Gasteiger partial charge in [0.15, 0.2) is 0 Å². The Morgan fingerprint density at radius 1 is 1.44 bits per heavy atom. The predicted molar refractivity (Wildman–Crippen MR) is 70.0 cm³/mol. The summed E-state index contributed by atoms with van der Waals surface area (Å²) >= 11 is 6.19. The predicted octanol–water partition coefficient (Wildman–Crippen LogP) is 3.18. The highest BCUT2D eigenvalue weighted by molar-refractivity contribution is 6.31. The van der Waals surface area contributed by atoms with Gasteiger partial charge in [-0.1, -0.05) is 17.7 Å². The Kier molecular flexibility index (Phi) is 3.72. The van der Waals surface area contributed by atoms with Crippen molar-refractivity contribution in [3.05, 3.63) is 28.8 Å². The van der Waals surface area contributed by atoms with E-state index in [9.17, 15) is 0 Å². The Hall–Kier alpha value is -0.730. The molecule has 1 aliphatic heterocycles. The summed E-state index contributed by atoms with van der Waals surface area (Å²) in [7, 11) is 0. The summed E-state index contributed by atoms with van der Waals surface area (Å²) in [4.78, 5) is 2.44. The molecule has 2 nitrogen and oxygen atoms in total.